The summed E-state index contributed by atoms with van der Waals surface area (Å²) in [5.41, 5.74) is -0.418. The van der Waals surface area contributed by atoms with Crippen molar-refractivity contribution in [1.82, 2.24) is 5.32 Å². The fraction of sp³-hybridized carbons (Fsp3) is 1.00. The molecule has 0 amide bonds. The van der Waals surface area contributed by atoms with Gasteiger partial charge in [-0.25, -0.2) is 0 Å². The lowest BCUT2D eigenvalue weighted by Gasteiger charge is -2.46. The van der Waals surface area contributed by atoms with E-state index in [1.165, 1.54) is 0 Å². The van der Waals surface area contributed by atoms with E-state index in [2.05, 4.69) is 26.1 Å². The Balaban J connectivity index is 2.74. The molecule has 1 aliphatic rings. The average Bonchev–Trinajstić information content (AvgIpc) is 1.95. The Morgan fingerprint density at radius 1 is 1.45 bits per heavy atom. The van der Waals surface area contributed by atoms with Gasteiger partial charge < -0.3 is 10.4 Å². The fourth-order valence-corrected chi connectivity index (χ4v) is 1.77. The maximum Gasteiger partial charge on any atom is 0.0819 e. The molecule has 1 unspecified atom stereocenters. The van der Waals surface area contributed by atoms with Crippen LogP contribution in [0.4, 0.5) is 0 Å². The van der Waals surface area contributed by atoms with Crippen molar-refractivity contribution < 1.29 is 5.11 Å². The zero-order valence-electron chi connectivity index (χ0n) is 7.78. The van der Waals surface area contributed by atoms with E-state index >= 15 is 0 Å². The third-order valence-corrected chi connectivity index (χ3v) is 3.19. The highest BCUT2D eigenvalue weighted by molar-refractivity contribution is 4.97. The van der Waals surface area contributed by atoms with Gasteiger partial charge in [-0.3, -0.25) is 0 Å². The predicted octanol–water partition coefficient (Wildman–Crippen LogP) is 1.15. The van der Waals surface area contributed by atoms with Crippen LogP contribution in [-0.2, 0) is 0 Å². The summed E-state index contributed by atoms with van der Waals surface area (Å²) in [7, 11) is 0. The molecular formula is C9H19NO. The highest BCUT2D eigenvalue weighted by Crippen LogP contribution is 2.38. The number of rotatable bonds is 1. The van der Waals surface area contributed by atoms with E-state index in [1.54, 1.807) is 0 Å². The first kappa shape index (κ1) is 9.01. The smallest absolute Gasteiger partial charge is 0.0819 e. The first-order chi connectivity index (χ1) is 5.02. The van der Waals surface area contributed by atoms with Crippen LogP contribution in [0.5, 0.6) is 0 Å². The summed E-state index contributed by atoms with van der Waals surface area (Å²) in [5.74, 6) is 0. The van der Waals surface area contributed by atoms with Gasteiger partial charge in [0, 0.05) is 6.54 Å². The maximum absolute atomic E-state index is 10.1. The van der Waals surface area contributed by atoms with Crippen molar-refractivity contribution >= 4 is 0 Å². The first-order valence-electron chi connectivity index (χ1n) is 4.45. The van der Waals surface area contributed by atoms with Crippen LogP contribution in [0.15, 0.2) is 0 Å². The predicted molar refractivity (Wildman–Crippen MR) is 46.5 cm³/mol. The van der Waals surface area contributed by atoms with Crippen LogP contribution < -0.4 is 5.32 Å². The second-order valence-corrected chi connectivity index (χ2v) is 4.20. The Morgan fingerprint density at radius 3 is 2.45 bits per heavy atom. The third-order valence-electron chi connectivity index (χ3n) is 3.19. The lowest BCUT2D eigenvalue weighted by Crippen LogP contribution is -2.56. The van der Waals surface area contributed by atoms with Gasteiger partial charge in [-0.2, -0.15) is 0 Å². The zero-order chi connectivity index (χ0) is 8.54. The van der Waals surface area contributed by atoms with Crippen molar-refractivity contribution in [2.75, 3.05) is 13.1 Å². The lowest BCUT2D eigenvalue weighted by atomic mass is 9.69. The van der Waals surface area contributed by atoms with Crippen LogP contribution in [-0.4, -0.2) is 23.8 Å². The van der Waals surface area contributed by atoms with Gasteiger partial charge >= 0.3 is 0 Å². The van der Waals surface area contributed by atoms with Gasteiger partial charge in [0.1, 0.15) is 0 Å². The van der Waals surface area contributed by atoms with Crippen molar-refractivity contribution in [2.24, 2.45) is 5.41 Å². The summed E-state index contributed by atoms with van der Waals surface area (Å²) in [4.78, 5) is 0. The standard InChI is InChI=1S/C9H19NO/c1-4-9(11)7-10-6-5-8(9,2)3/h10-11H,4-7H2,1-3H3. The van der Waals surface area contributed by atoms with Gasteiger partial charge in [0.2, 0.25) is 0 Å². The molecule has 0 bridgehead atoms. The largest absolute Gasteiger partial charge is 0.388 e. The molecule has 1 rings (SSSR count). The number of piperidine rings is 1. The normalized spacial score (nSPS) is 37.1. The number of hydrogen-bond donors (Lipinski definition) is 2. The van der Waals surface area contributed by atoms with Gasteiger partial charge in [-0.15, -0.1) is 0 Å². The van der Waals surface area contributed by atoms with Gasteiger partial charge in [-0.1, -0.05) is 20.8 Å². The van der Waals surface area contributed by atoms with Gasteiger partial charge in [0.15, 0.2) is 0 Å². The molecule has 0 aromatic carbocycles. The Hall–Kier alpha value is -0.0800. The van der Waals surface area contributed by atoms with E-state index < -0.39 is 5.60 Å². The van der Waals surface area contributed by atoms with Crippen molar-refractivity contribution in [3.63, 3.8) is 0 Å². The Bertz CT molecular complexity index is 144. The molecule has 0 saturated carbocycles. The molecule has 11 heavy (non-hydrogen) atoms. The van der Waals surface area contributed by atoms with Crippen LogP contribution in [0, 0.1) is 5.41 Å². The maximum atomic E-state index is 10.1. The molecule has 1 heterocycles. The molecule has 0 radical (unpaired) electrons. The zero-order valence-corrected chi connectivity index (χ0v) is 7.78. The first-order valence-corrected chi connectivity index (χ1v) is 4.45. The average molecular weight is 157 g/mol. The Morgan fingerprint density at radius 2 is 2.09 bits per heavy atom. The molecule has 0 aromatic heterocycles. The minimum atomic E-state index is -0.495. The molecule has 1 aliphatic heterocycles. The van der Waals surface area contributed by atoms with Crippen LogP contribution in [0.2, 0.25) is 0 Å². The van der Waals surface area contributed by atoms with Gasteiger partial charge in [0.05, 0.1) is 5.60 Å². The summed E-state index contributed by atoms with van der Waals surface area (Å²) < 4.78 is 0. The molecule has 1 saturated heterocycles. The second-order valence-electron chi connectivity index (χ2n) is 4.20. The van der Waals surface area contributed by atoms with E-state index in [-0.39, 0.29) is 5.41 Å². The van der Waals surface area contributed by atoms with E-state index in [9.17, 15) is 5.11 Å². The molecule has 1 fully saturated rings. The van der Waals surface area contributed by atoms with E-state index in [4.69, 9.17) is 0 Å². The number of β-amino-alcohol motifs (C(OH)–C–C–N with tert-alkyl or cyclic N) is 1. The summed E-state index contributed by atoms with van der Waals surface area (Å²) >= 11 is 0. The second kappa shape index (κ2) is 2.76. The van der Waals surface area contributed by atoms with Crippen LogP contribution in [0.1, 0.15) is 33.6 Å². The number of aliphatic hydroxyl groups is 1. The molecular weight excluding hydrogens is 138 g/mol. The Labute approximate surface area is 69.0 Å². The van der Waals surface area contributed by atoms with Gasteiger partial charge in [-0.05, 0) is 24.8 Å². The quantitative estimate of drug-likeness (QED) is 0.598. The third kappa shape index (κ3) is 1.42. The van der Waals surface area contributed by atoms with Crippen molar-refractivity contribution in [2.45, 2.75) is 39.2 Å². The Kier molecular flexibility index (Phi) is 2.26. The topological polar surface area (TPSA) is 32.3 Å². The molecule has 66 valence electrons. The monoisotopic (exact) mass is 157 g/mol. The molecule has 0 aromatic rings. The highest BCUT2D eigenvalue weighted by atomic mass is 16.3. The van der Waals surface area contributed by atoms with Crippen LogP contribution in [0.25, 0.3) is 0 Å². The molecule has 2 nitrogen and oxygen atoms in total. The number of hydrogen-bond acceptors (Lipinski definition) is 2. The van der Waals surface area contributed by atoms with Crippen LogP contribution in [0.3, 0.4) is 0 Å². The molecule has 0 aliphatic carbocycles. The SMILES string of the molecule is CCC1(O)CNCCC1(C)C. The minimum Gasteiger partial charge on any atom is -0.388 e. The molecule has 1 atom stereocenters. The van der Waals surface area contributed by atoms with Gasteiger partial charge in [0.25, 0.3) is 0 Å². The van der Waals surface area contributed by atoms with Crippen molar-refractivity contribution in [3.8, 4) is 0 Å². The highest BCUT2D eigenvalue weighted by Gasteiger charge is 2.43. The van der Waals surface area contributed by atoms with Crippen LogP contribution >= 0.6 is 0 Å². The van der Waals surface area contributed by atoms with E-state index in [0.29, 0.717) is 0 Å². The summed E-state index contributed by atoms with van der Waals surface area (Å²) in [6.07, 6.45) is 1.91. The molecule has 2 N–H and O–H groups in total. The number of nitrogens with one attached hydrogen (secondary N) is 1. The molecule has 2 heteroatoms. The molecule has 0 spiro atoms. The fourth-order valence-electron chi connectivity index (χ4n) is 1.77. The van der Waals surface area contributed by atoms with E-state index in [1.807, 2.05) is 0 Å². The van der Waals surface area contributed by atoms with Crippen molar-refractivity contribution in [3.05, 3.63) is 0 Å². The minimum absolute atomic E-state index is 0.0764. The summed E-state index contributed by atoms with van der Waals surface area (Å²) in [6, 6.07) is 0. The summed E-state index contributed by atoms with van der Waals surface area (Å²) in [6.45, 7) is 8.13. The van der Waals surface area contributed by atoms with Crippen molar-refractivity contribution in [1.29, 1.82) is 0 Å². The summed E-state index contributed by atoms with van der Waals surface area (Å²) in [5, 5.41) is 13.4. The lowest BCUT2D eigenvalue weighted by molar-refractivity contribution is -0.0872. The van der Waals surface area contributed by atoms with E-state index in [0.717, 1.165) is 25.9 Å².